The highest BCUT2D eigenvalue weighted by molar-refractivity contribution is 6.32. The number of halogens is 1. The molecule has 0 spiro atoms. The summed E-state index contributed by atoms with van der Waals surface area (Å²) >= 11 is 6.17. The third-order valence-corrected chi connectivity index (χ3v) is 4.19. The Labute approximate surface area is 139 Å². The average molecular weight is 335 g/mol. The van der Waals surface area contributed by atoms with Crippen molar-refractivity contribution in [3.8, 4) is 0 Å². The van der Waals surface area contributed by atoms with E-state index >= 15 is 0 Å². The lowest BCUT2D eigenvalue weighted by Crippen LogP contribution is -2.43. The van der Waals surface area contributed by atoms with Gasteiger partial charge in [-0.05, 0) is 18.6 Å². The molecule has 0 radical (unpaired) electrons. The molecule has 2 aromatic rings. The van der Waals surface area contributed by atoms with Gasteiger partial charge in [0.2, 0.25) is 0 Å². The van der Waals surface area contributed by atoms with Gasteiger partial charge in [-0.1, -0.05) is 11.6 Å². The van der Waals surface area contributed by atoms with Gasteiger partial charge in [-0.15, -0.1) is 0 Å². The molecule has 0 bridgehead atoms. The molecule has 1 atom stereocenters. The van der Waals surface area contributed by atoms with Crippen LogP contribution in [-0.2, 0) is 13.6 Å². The second-order valence-electron chi connectivity index (χ2n) is 5.52. The number of aromatic nitrogens is 3. The molecule has 1 saturated heterocycles. The highest BCUT2D eigenvalue weighted by Gasteiger charge is 2.25. The topological polar surface area (TPSA) is 75.1 Å². The summed E-state index contributed by atoms with van der Waals surface area (Å²) in [6, 6.07) is 3.52. The van der Waals surface area contributed by atoms with Crippen molar-refractivity contribution < 1.29 is 4.79 Å². The monoisotopic (exact) mass is 334 g/mol. The quantitative estimate of drug-likeness (QED) is 0.889. The molecule has 1 aliphatic rings. The second kappa shape index (κ2) is 6.87. The molecule has 1 fully saturated rings. The summed E-state index contributed by atoms with van der Waals surface area (Å²) in [7, 11) is 1.90. The second-order valence-corrected chi connectivity index (χ2v) is 5.93. The predicted molar refractivity (Wildman–Crippen MR) is 88.4 cm³/mol. The van der Waals surface area contributed by atoms with Gasteiger partial charge in [-0.25, -0.2) is 14.8 Å². The summed E-state index contributed by atoms with van der Waals surface area (Å²) in [6.45, 7) is 1.92. The van der Waals surface area contributed by atoms with E-state index in [1.807, 2.05) is 29.9 Å². The summed E-state index contributed by atoms with van der Waals surface area (Å²) in [4.78, 5) is 22.6. The van der Waals surface area contributed by atoms with E-state index in [0.717, 1.165) is 24.6 Å². The summed E-state index contributed by atoms with van der Waals surface area (Å²) in [5.74, 6) is 1.58. The van der Waals surface area contributed by atoms with Gasteiger partial charge in [0.15, 0.2) is 0 Å². The fourth-order valence-corrected chi connectivity index (χ4v) is 2.88. The molecule has 2 amide bonds. The minimum Gasteiger partial charge on any atom is -0.353 e. The van der Waals surface area contributed by atoms with Gasteiger partial charge in [-0.2, -0.15) is 0 Å². The number of carbonyl (C=O) groups is 1. The molecule has 0 aromatic carbocycles. The molecule has 7 nitrogen and oxygen atoms in total. The first kappa shape index (κ1) is 15.6. The van der Waals surface area contributed by atoms with Crippen molar-refractivity contribution in [1.82, 2.24) is 25.2 Å². The predicted octanol–water partition coefficient (Wildman–Crippen LogP) is 1.55. The number of hydrogen-bond donors (Lipinski definition) is 2. The maximum atomic E-state index is 12.0. The van der Waals surface area contributed by atoms with E-state index in [0.29, 0.717) is 18.1 Å². The zero-order valence-corrected chi connectivity index (χ0v) is 13.6. The molecule has 0 unspecified atom stereocenters. The van der Waals surface area contributed by atoms with Gasteiger partial charge < -0.3 is 20.1 Å². The number of hydrogen-bond acceptors (Lipinski definition) is 4. The summed E-state index contributed by atoms with van der Waals surface area (Å²) in [6.07, 6.45) is 6.14. The summed E-state index contributed by atoms with van der Waals surface area (Å²) in [5, 5.41) is 6.44. The van der Waals surface area contributed by atoms with Gasteiger partial charge in [0.25, 0.3) is 0 Å². The highest BCUT2D eigenvalue weighted by atomic mass is 35.5. The van der Waals surface area contributed by atoms with Crippen molar-refractivity contribution in [3.63, 3.8) is 0 Å². The first-order valence-corrected chi connectivity index (χ1v) is 7.87. The maximum Gasteiger partial charge on any atom is 0.315 e. The third-order valence-electron chi connectivity index (χ3n) is 3.89. The van der Waals surface area contributed by atoms with E-state index < -0.39 is 0 Å². The number of nitrogens with one attached hydrogen (secondary N) is 2. The van der Waals surface area contributed by atoms with Crippen molar-refractivity contribution in [3.05, 3.63) is 41.6 Å². The Morgan fingerprint density at radius 1 is 1.43 bits per heavy atom. The first-order chi connectivity index (χ1) is 11.1. The van der Waals surface area contributed by atoms with E-state index in [9.17, 15) is 4.79 Å². The van der Waals surface area contributed by atoms with Crippen LogP contribution in [0.2, 0.25) is 5.02 Å². The fourth-order valence-electron chi connectivity index (χ4n) is 2.64. The molecule has 2 aromatic heterocycles. The molecule has 0 saturated carbocycles. The van der Waals surface area contributed by atoms with Crippen LogP contribution >= 0.6 is 11.6 Å². The van der Waals surface area contributed by atoms with E-state index in [1.165, 1.54) is 0 Å². The van der Waals surface area contributed by atoms with Crippen LogP contribution in [0.1, 0.15) is 12.2 Å². The van der Waals surface area contributed by atoms with Crippen LogP contribution in [0.15, 0.2) is 30.7 Å². The largest absolute Gasteiger partial charge is 0.353 e. The molecular formula is C15H19ClN6O. The lowest BCUT2D eigenvalue weighted by molar-refractivity contribution is 0.237. The van der Waals surface area contributed by atoms with Crippen LogP contribution in [0, 0.1) is 0 Å². The molecule has 8 heteroatoms. The number of anilines is 1. The minimum absolute atomic E-state index is 0.0782. The van der Waals surface area contributed by atoms with Gasteiger partial charge in [-0.3, -0.25) is 0 Å². The number of rotatable bonds is 4. The zero-order valence-electron chi connectivity index (χ0n) is 12.9. The van der Waals surface area contributed by atoms with E-state index in [1.54, 1.807) is 12.4 Å². The SMILES string of the molecule is Cn1ccnc1CNC(=O)N[C@@H]1CCN(c2ncccc2Cl)C1. The first-order valence-electron chi connectivity index (χ1n) is 7.49. The molecule has 1 aliphatic heterocycles. The summed E-state index contributed by atoms with van der Waals surface area (Å²) < 4.78 is 1.88. The van der Waals surface area contributed by atoms with Crippen molar-refractivity contribution in [2.24, 2.45) is 7.05 Å². The van der Waals surface area contributed by atoms with Crippen LogP contribution in [-0.4, -0.2) is 39.7 Å². The number of imidazole rings is 1. The molecule has 3 heterocycles. The highest BCUT2D eigenvalue weighted by Crippen LogP contribution is 2.25. The fraction of sp³-hybridized carbons (Fsp3) is 0.400. The van der Waals surface area contributed by atoms with Crippen molar-refractivity contribution in [2.45, 2.75) is 19.0 Å². The molecule has 2 N–H and O–H groups in total. The number of nitrogens with zero attached hydrogens (tertiary/aromatic N) is 4. The van der Waals surface area contributed by atoms with E-state index in [2.05, 4.69) is 25.5 Å². The van der Waals surface area contributed by atoms with Crippen molar-refractivity contribution >= 4 is 23.4 Å². The molecule has 3 rings (SSSR count). The van der Waals surface area contributed by atoms with E-state index in [4.69, 9.17) is 11.6 Å². The number of aryl methyl sites for hydroxylation is 1. The van der Waals surface area contributed by atoms with E-state index in [-0.39, 0.29) is 12.1 Å². The molecule has 0 aliphatic carbocycles. The Bertz CT molecular complexity index is 688. The number of amides is 2. The van der Waals surface area contributed by atoms with Crippen molar-refractivity contribution in [1.29, 1.82) is 0 Å². The van der Waals surface area contributed by atoms with Crippen LogP contribution in [0.4, 0.5) is 10.6 Å². The minimum atomic E-state index is -0.188. The van der Waals surface area contributed by atoms with Gasteiger partial charge in [0.1, 0.15) is 11.6 Å². The Morgan fingerprint density at radius 2 is 2.30 bits per heavy atom. The average Bonchev–Trinajstić information content (AvgIpc) is 3.15. The number of urea groups is 1. The maximum absolute atomic E-state index is 12.0. The zero-order chi connectivity index (χ0) is 16.2. The Balaban J connectivity index is 1.49. The molecule has 122 valence electrons. The van der Waals surface area contributed by atoms with Gasteiger partial charge >= 0.3 is 6.03 Å². The molecule has 23 heavy (non-hydrogen) atoms. The normalized spacial score (nSPS) is 17.3. The summed E-state index contributed by atoms with van der Waals surface area (Å²) in [5.41, 5.74) is 0. The van der Waals surface area contributed by atoms with Crippen LogP contribution < -0.4 is 15.5 Å². The lowest BCUT2D eigenvalue weighted by atomic mass is 10.3. The number of carbonyl (C=O) groups excluding carboxylic acids is 1. The van der Waals surface area contributed by atoms with Gasteiger partial charge in [0, 0.05) is 44.8 Å². The van der Waals surface area contributed by atoms with Crippen molar-refractivity contribution in [2.75, 3.05) is 18.0 Å². The van der Waals surface area contributed by atoms with Crippen LogP contribution in [0.25, 0.3) is 0 Å². The third kappa shape index (κ3) is 3.73. The van der Waals surface area contributed by atoms with Crippen LogP contribution in [0.3, 0.4) is 0 Å². The number of pyridine rings is 1. The standard InChI is InChI=1S/C15H19ClN6O/c1-21-8-6-17-13(21)9-19-15(23)20-11-4-7-22(10-11)14-12(16)3-2-5-18-14/h2-3,5-6,8,11H,4,7,9-10H2,1H3,(H2,19,20,23)/t11-/m1/s1. The van der Waals surface area contributed by atoms with Crippen LogP contribution in [0.5, 0.6) is 0 Å². The lowest BCUT2D eigenvalue weighted by Gasteiger charge is -2.19. The Morgan fingerprint density at radius 3 is 3.04 bits per heavy atom. The molecular weight excluding hydrogens is 316 g/mol. The smallest absolute Gasteiger partial charge is 0.315 e. The van der Waals surface area contributed by atoms with Gasteiger partial charge in [0.05, 0.1) is 11.6 Å². The Hall–Kier alpha value is -2.28. The Kier molecular flexibility index (Phi) is 4.66.